The molecule has 0 spiro atoms. The monoisotopic (exact) mass is 198 g/mol. The van der Waals surface area contributed by atoms with Crippen LogP contribution in [0.4, 0.5) is 13.2 Å². The third-order valence-electron chi connectivity index (χ3n) is 2.40. The fraction of sp³-hybridized carbons (Fsp3) is 1.00. The Hall–Kier alpha value is -0.250. The minimum atomic E-state index is -4.25. The maximum absolute atomic E-state index is 11.8. The largest absolute Gasteiger partial charge is 0.411 e. The summed E-state index contributed by atoms with van der Waals surface area (Å²) in [5.74, 6) is 0. The fourth-order valence-corrected chi connectivity index (χ4v) is 0.479. The Bertz CT molecular complexity index is 165. The zero-order chi connectivity index (χ0) is 10.9. The maximum atomic E-state index is 11.8. The molecular formula is C9H17F3O. The van der Waals surface area contributed by atoms with Crippen LogP contribution in [-0.4, -0.2) is 18.4 Å². The molecule has 0 heterocycles. The number of rotatable bonds is 2. The van der Waals surface area contributed by atoms with Gasteiger partial charge in [0, 0.05) is 0 Å². The lowest BCUT2D eigenvalue weighted by Gasteiger charge is -2.38. The van der Waals surface area contributed by atoms with Gasteiger partial charge in [-0.05, 0) is 19.3 Å². The Kier molecular flexibility index (Phi) is 3.41. The molecule has 0 aromatic heterocycles. The van der Waals surface area contributed by atoms with E-state index in [1.54, 1.807) is 13.8 Å². The molecule has 0 atom stereocenters. The molecule has 0 radical (unpaired) electrons. The van der Waals surface area contributed by atoms with Gasteiger partial charge in [0.2, 0.25) is 0 Å². The molecule has 0 N–H and O–H groups in total. The van der Waals surface area contributed by atoms with Crippen LogP contribution in [0, 0.1) is 5.41 Å². The molecule has 0 fully saturated rings. The van der Waals surface area contributed by atoms with Crippen LogP contribution in [0.3, 0.4) is 0 Å². The van der Waals surface area contributed by atoms with Crippen molar-refractivity contribution in [2.75, 3.05) is 6.61 Å². The second-order valence-corrected chi connectivity index (χ2v) is 4.66. The Morgan fingerprint density at radius 2 is 1.31 bits per heavy atom. The molecule has 1 nitrogen and oxygen atoms in total. The number of ether oxygens (including phenoxy) is 1. The van der Waals surface area contributed by atoms with Crippen LogP contribution >= 0.6 is 0 Å². The van der Waals surface area contributed by atoms with Crippen molar-refractivity contribution in [2.45, 2.75) is 46.4 Å². The first kappa shape index (κ1) is 12.8. The van der Waals surface area contributed by atoms with E-state index in [0.29, 0.717) is 0 Å². The van der Waals surface area contributed by atoms with Gasteiger partial charge < -0.3 is 4.74 Å². The molecule has 4 heteroatoms. The van der Waals surface area contributed by atoms with Crippen molar-refractivity contribution in [3.8, 4) is 0 Å². The predicted octanol–water partition coefficient (Wildman–Crippen LogP) is 3.39. The van der Waals surface area contributed by atoms with Gasteiger partial charge in [-0.3, -0.25) is 0 Å². The Morgan fingerprint density at radius 3 is 1.54 bits per heavy atom. The lowest BCUT2D eigenvalue weighted by atomic mass is 9.79. The van der Waals surface area contributed by atoms with Crippen molar-refractivity contribution in [1.29, 1.82) is 0 Å². The van der Waals surface area contributed by atoms with Crippen LogP contribution < -0.4 is 0 Å². The van der Waals surface area contributed by atoms with Crippen LogP contribution in [-0.2, 0) is 4.74 Å². The molecule has 13 heavy (non-hydrogen) atoms. The summed E-state index contributed by atoms with van der Waals surface area (Å²) in [7, 11) is 0. The predicted molar refractivity (Wildman–Crippen MR) is 45.5 cm³/mol. The molecule has 0 bridgehead atoms. The molecule has 0 saturated heterocycles. The van der Waals surface area contributed by atoms with Crippen molar-refractivity contribution in [1.82, 2.24) is 0 Å². The number of hydrogen-bond acceptors (Lipinski definition) is 1. The third-order valence-corrected chi connectivity index (χ3v) is 2.40. The number of alkyl halides is 3. The van der Waals surface area contributed by atoms with E-state index in [9.17, 15) is 13.2 Å². The minimum Gasteiger partial charge on any atom is -0.366 e. The van der Waals surface area contributed by atoms with Crippen LogP contribution in [0.25, 0.3) is 0 Å². The molecule has 0 amide bonds. The third kappa shape index (κ3) is 4.50. The summed E-state index contributed by atoms with van der Waals surface area (Å²) in [5.41, 5.74) is -1.08. The van der Waals surface area contributed by atoms with E-state index in [-0.39, 0.29) is 5.41 Å². The first-order chi connectivity index (χ1) is 5.46. The highest BCUT2D eigenvalue weighted by molar-refractivity contribution is 4.83. The molecule has 0 rings (SSSR count). The van der Waals surface area contributed by atoms with Gasteiger partial charge >= 0.3 is 6.18 Å². The summed E-state index contributed by atoms with van der Waals surface area (Å²) in [6.45, 7) is 7.70. The van der Waals surface area contributed by atoms with Crippen molar-refractivity contribution in [3.63, 3.8) is 0 Å². The van der Waals surface area contributed by atoms with Crippen molar-refractivity contribution in [3.05, 3.63) is 0 Å². The van der Waals surface area contributed by atoms with Gasteiger partial charge in [0.1, 0.15) is 6.61 Å². The summed E-state index contributed by atoms with van der Waals surface area (Å²) < 4.78 is 40.4. The normalized spacial score (nSPS) is 14.8. The lowest BCUT2D eigenvalue weighted by molar-refractivity contribution is -0.216. The SMILES string of the molecule is CC(C)(C)C(C)(C)OCC(F)(F)F. The summed E-state index contributed by atoms with van der Waals surface area (Å²) in [4.78, 5) is 0. The van der Waals surface area contributed by atoms with Gasteiger partial charge in [-0.2, -0.15) is 13.2 Å². The zero-order valence-corrected chi connectivity index (χ0v) is 8.75. The summed E-state index contributed by atoms with van der Waals surface area (Å²) >= 11 is 0. The standard InChI is InChI=1S/C9H17F3O/c1-7(2,3)8(4,5)13-6-9(10,11)12/h6H2,1-5H3. The van der Waals surface area contributed by atoms with Crippen molar-refractivity contribution < 1.29 is 17.9 Å². The molecule has 0 aromatic rings. The highest BCUT2D eigenvalue weighted by Crippen LogP contribution is 2.34. The molecule has 0 aromatic carbocycles. The van der Waals surface area contributed by atoms with Gasteiger partial charge in [0.25, 0.3) is 0 Å². The average molecular weight is 198 g/mol. The van der Waals surface area contributed by atoms with Gasteiger partial charge in [-0.25, -0.2) is 0 Å². The summed E-state index contributed by atoms with van der Waals surface area (Å²) in [6.07, 6.45) is -4.25. The molecule has 0 saturated carbocycles. The van der Waals surface area contributed by atoms with Crippen LogP contribution in [0.1, 0.15) is 34.6 Å². The van der Waals surface area contributed by atoms with Crippen LogP contribution in [0.5, 0.6) is 0 Å². The lowest BCUT2D eigenvalue weighted by Crippen LogP contribution is -2.41. The number of halogens is 3. The van der Waals surface area contributed by atoms with Crippen molar-refractivity contribution in [2.24, 2.45) is 5.41 Å². The second-order valence-electron chi connectivity index (χ2n) is 4.66. The second kappa shape index (κ2) is 3.48. The molecular weight excluding hydrogens is 181 g/mol. The fourth-order valence-electron chi connectivity index (χ4n) is 0.479. The van der Waals surface area contributed by atoms with Gasteiger partial charge in [0.15, 0.2) is 0 Å². The first-order valence-electron chi connectivity index (χ1n) is 4.16. The minimum absolute atomic E-state index is 0.307. The van der Waals surface area contributed by atoms with Crippen molar-refractivity contribution >= 4 is 0 Å². The van der Waals surface area contributed by atoms with Gasteiger partial charge in [0.05, 0.1) is 5.60 Å². The molecule has 0 aliphatic carbocycles. The summed E-state index contributed by atoms with van der Waals surface area (Å²) in [5, 5.41) is 0. The molecule has 0 aliphatic heterocycles. The van der Waals surface area contributed by atoms with E-state index in [0.717, 1.165) is 0 Å². The van der Waals surface area contributed by atoms with E-state index >= 15 is 0 Å². The van der Waals surface area contributed by atoms with Gasteiger partial charge in [-0.1, -0.05) is 20.8 Å². The van der Waals surface area contributed by atoms with E-state index in [2.05, 4.69) is 0 Å². The van der Waals surface area contributed by atoms with Gasteiger partial charge in [-0.15, -0.1) is 0 Å². The maximum Gasteiger partial charge on any atom is 0.411 e. The zero-order valence-electron chi connectivity index (χ0n) is 8.75. The van der Waals surface area contributed by atoms with Crippen LogP contribution in [0.2, 0.25) is 0 Å². The topological polar surface area (TPSA) is 9.23 Å². The quantitative estimate of drug-likeness (QED) is 0.660. The molecule has 0 aliphatic rings. The molecule has 0 unspecified atom stereocenters. The van der Waals surface area contributed by atoms with E-state index in [1.165, 1.54) is 0 Å². The number of hydrogen-bond donors (Lipinski definition) is 0. The smallest absolute Gasteiger partial charge is 0.366 e. The average Bonchev–Trinajstić information content (AvgIpc) is 1.79. The Morgan fingerprint density at radius 1 is 0.923 bits per heavy atom. The first-order valence-corrected chi connectivity index (χ1v) is 4.16. The molecule has 80 valence electrons. The Balaban J connectivity index is 4.21. The van der Waals surface area contributed by atoms with E-state index in [1.807, 2.05) is 20.8 Å². The van der Waals surface area contributed by atoms with E-state index in [4.69, 9.17) is 4.74 Å². The highest BCUT2D eigenvalue weighted by Gasteiger charge is 2.38. The van der Waals surface area contributed by atoms with E-state index < -0.39 is 18.4 Å². The Labute approximate surface area is 77.3 Å². The summed E-state index contributed by atoms with van der Waals surface area (Å²) in [6, 6.07) is 0. The highest BCUT2D eigenvalue weighted by atomic mass is 19.4. The van der Waals surface area contributed by atoms with Crippen LogP contribution in [0.15, 0.2) is 0 Å².